The molecule has 1 heteroatoms. The molecule has 0 spiro atoms. The predicted molar refractivity (Wildman–Crippen MR) is 86.6 cm³/mol. The number of aromatic amines is 1. The molecule has 1 aliphatic carbocycles. The van der Waals surface area contributed by atoms with Crippen LogP contribution >= 0.6 is 0 Å². The van der Waals surface area contributed by atoms with Crippen molar-refractivity contribution in [3.63, 3.8) is 0 Å². The van der Waals surface area contributed by atoms with Crippen LogP contribution in [0.1, 0.15) is 44.2 Å². The molecule has 3 rings (SSSR count). The molecular weight excluding hydrogens is 242 g/mol. The summed E-state index contributed by atoms with van der Waals surface area (Å²) >= 11 is 0. The number of hydrogen-bond donors (Lipinski definition) is 1. The van der Waals surface area contributed by atoms with E-state index >= 15 is 0 Å². The van der Waals surface area contributed by atoms with E-state index in [9.17, 15) is 0 Å². The summed E-state index contributed by atoms with van der Waals surface area (Å²) in [5.74, 6) is 0. The molecule has 0 atom stereocenters. The van der Waals surface area contributed by atoms with E-state index < -0.39 is 0 Å². The standard InChI is InChI=1S/C19H21N/c1-3-8-15-12-17(14-10-6-5-7-11-14)18-13-16(9-4-2)20-19(15)18/h5-7,9-13,20H,3-4,8H2,1-2H3. The summed E-state index contributed by atoms with van der Waals surface area (Å²) in [6.45, 7) is 4.42. The van der Waals surface area contributed by atoms with E-state index in [4.69, 9.17) is 0 Å². The van der Waals surface area contributed by atoms with Crippen LogP contribution in [-0.4, -0.2) is 4.98 Å². The van der Waals surface area contributed by atoms with Gasteiger partial charge in [-0.3, -0.25) is 0 Å². The van der Waals surface area contributed by atoms with Crippen molar-refractivity contribution in [2.75, 3.05) is 0 Å². The molecule has 1 aliphatic rings. The zero-order valence-corrected chi connectivity index (χ0v) is 12.2. The summed E-state index contributed by atoms with van der Waals surface area (Å²) in [5, 5.41) is 2.57. The Morgan fingerprint density at radius 3 is 2.60 bits per heavy atom. The van der Waals surface area contributed by atoms with Gasteiger partial charge in [-0.1, -0.05) is 56.7 Å². The van der Waals surface area contributed by atoms with Gasteiger partial charge in [0.15, 0.2) is 0 Å². The van der Waals surface area contributed by atoms with Crippen LogP contribution < -0.4 is 10.7 Å². The lowest BCUT2D eigenvalue weighted by molar-refractivity contribution is 0.970. The zero-order valence-electron chi connectivity index (χ0n) is 12.2. The molecule has 0 unspecified atom stereocenters. The maximum atomic E-state index is 3.58. The van der Waals surface area contributed by atoms with Crippen molar-refractivity contribution >= 4 is 17.2 Å². The first-order valence-electron chi connectivity index (χ1n) is 7.53. The van der Waals surface area contributed by atoms with Crippen LogP contribution in [0.2, 0.25) is 0 Å². The smallest absolute Gasteiger partial charge is 0.0497 e. The van der Waals surface area contributed by atoms with Gasteiger partial charge in [0.05, 0.1) is 0 Å². The van der Waals surface area contributed by atoms with Gasteiger partial charge in [0, 0.05) is 16.3 Å². The molecule has 20 heavy (non-hydrogen) atoms. The third kappa shape index (κ3) is 2.24. The minimum Gasteiger partial charge on any atom is -0.355 e. The molecule has 0 saturated heterocycles. The molecule has 1 heterocycles. The van der Waals surface area contributed by atoms with Gasteiger partial charge in [0.25, 0.3) is 0 Å². The molecule has 0 bridgehead atoms. The van der Waals surface area contributed by atoms with Gasteiger partial charge in [-0.05, 0) is 41.7 Å². The van der Waals surface area contributed by atoms with Crippen molar-refractivity contribution in [3.8, 4) is 0 Å². The van der Waals surface area contributed by atoms with E-state index in [0.717, 1.165) is 12.8 Å². The van der Waals surface area contributed by atoms with Crippen LogP contribution in [0, 0.1) is 0 Å². The fraction of sp³-hybridized carbons (Fsp3) is 0.263. The molecule has 0 aliphatic heterocycles. The molecule has 0 fully saturated rings. The summed E-state index contributed by atoms with van der Waals surface area (Å²) in [4.78, 5) is 3.58. The first kappa shape index (κ1) is 13.0. The lowest BCUT2D eigenvalue weighted by Gasteiger charge is -2.02. The van der Waals surface area contributed by atoms with Crippen LogP contribution in [0.3, 0.4) is 0 Å². The van der Waals surface area contributed by atoms with Gasteiger partial charge in [-0.15, -0.1) is 0 Å². The predicted octanol–water partition coefficient (Wildman–Crippen LogP) is 3.60. The van der Waals surface area contributed by atoms with E-state index in [1.165, 1.54) is 39.4 Å². The summed E-state index contributed by atoms with van der Waals surface area (Å²) < 4.78 is 0. The first-order chi connectivity index (χ1) is 9.83. The molecule has 1 aromatic heterocycles. The normalized spacial score (nSPS) is 14.6. The largest absolute Gasteiger partial charge is 0.355 e. The van der Waals surface area contributed by atoms with Crippen molar-refractivity contribution in [1.82, 2.24) is 4.98 Å². The highest BCUT2D eigenvalue weighted by atomic mass is 14.7. The number of aromatic nitrogens is 1. The number of hydrogen-bond acceptors (Lipinski definition) is 0. The SMILES string of the molecule is CCC=c1cc2c([nH]1)=C(CCC)C=C2c1ccccc1. The van der Waals surface area contributed by atoms with Crippen molar-refractivity contribution in [2.24, 2.45) is 0 Å². The molecule has 1 aromatic carbocycles. The van der Waals surface area contributed by atoms with Crippen LogP contribution in [0.5, 0.6) is 0 Å². The molecule has 2 aromatic rings. The Bertz CT molecular complexity index is 745. The maximum absolute atomic E-state index is 3.58. The fourth-order valence-corrected chi connectivity index (χ4v) is 2.92. The van der Waals surface area contributed by atoms with Gasteiger partial charge in [-0.25, -0.2) is 0 Å². The third-order valence-electron chi connectivity index (χ3n) is 3.80. The Kier molecular flexibility index (Phi) is 3.60. The monoisotopic (exact) mass is 263 g/mol. The quantitative estimate of drug-likeness (QED) is 0.867. The van der Waals surface area contributed by atoms with Crippen molar-refractivity contribution in [3.05, 3.63) is 64.3 Å². The average molecular weight is 263 g/mol. The number of H-pyrrole nitrogens is 1. The Balaban J connectivity index is 2.15. The lowest BCUT2D eigenvalue weighted by atomic mass is 10.0. The van der Waals surface area contributed by atoms with E-state index in [1.807, 2.05) is 0 Å². The summed E-state index contributed by atoms with van der Waals surface area (Å²) in [6.07, 6.45) is 7.99. The zero-order chi connectivity index (χ0) is 13.9. The van der Waals surface area contributed by atoms with Crippen molar-refractivity contribution in [2.45, 2.75) is 33.1 Å². The molecule has 0 radical (unpaired) electrons. The maximum Gasteiger partial charge on any atom is 0.0497 e. The topological polar surface area (TPSA) is 15.8 Å². The Morgan fingerprint density at radius 1 is 1.10 bits per heavy atom. The Morgan fingerprint density at radius 2 is 1.90 bits per heavy atom. The minimum atomic E-state index is 1.06. The van der Waals surface area contributed by atoms with Crippen LogP contribution in [-0.2, 0) is 0 Å². The molecule has 1 nitrogen and oxygen atoms in total. The van der Waals surface area contributed by atoms with Crippen molar-refractivity contribution in [1.29, 1.82) is 0 Å². The second-order valence-electron chi connectivity index (χ2n) is 5.33. The third-order valence-corrected chi connectivity index (χ3v) is 3.80. The number of nitrogens with one attached hydrogen (secondary N) is 1. The lowest BCUT2D eigenvalue weighted by Crippen LogP contribution is -2.12. The number of fused-ring (bicyclic) bond motifs is 1. The average Bonchev–Trinajstić information content (AvgIpc) is 3.01. The molecule has 1 N–H and O–H groups in total. The second kappa shape index (κ2) is 5.54. The van der Waals surface area contributed by atoms with Gasteiger partial charge in [-0.2, -0.15) is 0 Å². The van der Waals surface area contributed by atoms with E-state index in [0.29, 0.717) is 0 Å². The second-order valence-corrected chi connectivity index (χ2v) is 5.33. The minimum absolute atomic E-state index is 1.06. The first-order valence-corrected chi connectivity index (χ1v) is 7.53. The molecule has 0 amide bonds. The van der Waals surface area contributed by atoms with Crippen molar-refractivity contribution < 1.29 is 0 Å². The highest BCUT2D eigenvalue weighted by Gasteiger charge is 2.16. The van der Waals surface area contributed by atoms with Gasteiger partial charge in [0.1, 0.15) is 0 Å². The molecular formula is C19H21N. The van der Waals surface area contributed by atoms with Gasteiger partial charge < -0.3 is 4.98 Å². The van der Waals surface area contributed by atoms with E-state index in [2.05, 4.69) is 67.4 Å². The summed E-state index contributed by atoms with van der Waals surface area (Å²) in [7, 11) is 0. The van der Waals surface area contributed by atoms with Crippen LogP contribution in [0.25, 0.3) is 17.2 Å². The van der Waals surface area contributed by atoms with Crippen LogP contribution in [0.4, 0.5) is 0 Å². The fourth-order valence-electron chi connectivity index (χ4n) is 2.92. The van der Waals surface area contributed by atoms with E-state index in [-0.39, 0.29) is 0 Å². The Hall–Kier alpha value is -2.02. The summed E-state index contributed by atoms with van der Waals surface area (Å²) in [5.41, 5.74) is 5.47. The highest BCUT2D eigenvalue weighted by Crippen LogP contribution is 2.28. The number of benzene rings is 1. The Labute approximate surface area is 120 Å². The molecule has 102 valence electrons. The number of allylic oxidation sites excluding steroid dienone is 1. The molecule has 0 saturated carbocycles. The van der Waals surface area contributed by atoms with Gasteiger partial charge >= 0.3 is 0 Å². The highest BCUT2D eigenvalue weighted by molar-refractivity contribution is 5.91. The van der Waals surface area contributed by atoms with E-state index in [1.54, 1.807) is 0 Å². The summed E-state index contributed by atoms with van der Waals surface area (Å²) in [6, 6.07) is 13.0. The number of rotatable bonds is 4. The van der Waals surface area contributed by atoms with Gasteiger partial charge in [0.2, 0.25) is 0 Å². The van der Waals surface area contributed by atoms with Crippen LogP contribution in [0.15, 0.2) is 42.5 Å².